The Labute approximate surface area is 320 Å². The Balaban J connectivity index is 1.13. The van der Waals surface area contributed by atoms with Crippen LogP contribution in [0.3, 0.4) is 0 Å². The highest BCUT2D eigenvalue weighted by Gasteiger charge is 2.32. The normalized spacial score (nSPS) is 13.9. The van der Waals surface area contributed by atoms with Gasteiger partial charge in [-0.1, -0.05) is 122 Å². The van der Waals surface area contributed by atoms with Gasteiger partial charge in [0.05, 0.1) is 17.7 Å². The van der Waals surface area contributed by atoms with Crippen LogP contribution in [-0.4, -0.2) is 16.2 Å². The van der Waals surface area contributed by atoms with Crippen molar-refractivity contribution in [3.05, 3.63) is 168 Å². The minimum absolute atomic E-state index is 0.0415. The van der Waals surface area contributed by atoms with Crippen LogP contribution in [0.15, 0.2) is 152 Å². The van der Waals surface area contributed by atoms with Crippen LogP contribution >= 0.6 is 0 Å². The molecule has 272 valence electrons. The fourth-order valence-corrected chi connectivity index (χ4v) is 7.68. The lowest BCUT2D eigenvalue weighted by atomic mass is 9.78. The van der Waals surface area contributed by atoms with Crippen LogP contribution < -0.4 is 14.5 Å². The lowest BCUT2D eigenvalue weighted by Crippen LogP contribution is -2.30. The number of fused-ring (bicyclic) bond motifs is 3. The summed E-state index contributed by atoms with van der Waals surface area (Å²) in [5, 5.41) is 2.34. The fourth-order valence-electron chi connectivity index (χ4n) is 7.68. The van der Waals surface area contributed by atoms with Gasteiger partial charge < -0.3 is 14.5 Å². The standard InChI is InChI=1S/C49H50N4O/c1-47(2,3)35-18-14-20-38(28-35)52-33-51(32-45(52)48(4,5)6)37-19-15-21-39(30-37)54-40-24-25-42-41-22-12-13-23-43(41)53(44(42)31-40)46-29-36(26-27-50-46)49(7,8)34-16-10-9-11-17-34/h9-32H,33H2,1-8H3. The Morgan fingerprint density at radius 1 is 0.537 bits per heavy atom. The summed E-state index contributed by atoms with van der Waals surface area (Å²) in [6.45, 7) is 18.9. The van der Waals surface area contributed by atoms with Crippen LogP contribution in [0.1, 0.15) is 72.1 Å². The molecule has 0 atom stereocenters. The summed E-state index contributed by atoms with van der Waals surface area (Å²) >= 11 is 0. The summed E-state index contributed by atoms with van der Waals surface area (Å²) in [5.74, 6) is 2.45. The van der Waals surface area contributed by atoms with E-state index in [2.05, 4.69) is 203 Å². The van der Waals surface area contributed by atoms with Crippen molar-refractivity contribution in [3.63, 3.8) is 0 Å². The maximum absolute atomic E-state index is 6.67. The summed E-state index contributed by atoms with van der Waals surface area (Å²) in [4.78, 5) is 9.70. The van der Waals surface area contributed by atoms with Crippen molar-refractivity contribution in [1.82, 2.24) is 9.55 Å². The summed E-state index contributed by atoms with van der Waals surface area (Å²) in [7, 11) is 0. The zero-order valence-corrected chi connectivity index (χ0v) is 32.8. The molecule has 0 unspecified atom stereocenters. The van der Waals surface area contributed by atoms with Crippen molar-refractivity contribution in [2.24, 2.45) is 5.41 Å². The number of pyridine rings is 1. The van der Waals surface area contributed by atoms with Crippen molar-refractivity contribution in [2.45, 2.75) is 66.2 Å². The number of nitrogens with zero attached hydrogens (tertiary/aromatic N) is 4. The van der Waals surface area contributed by atoms with Crippen molar-refractivity contribution in [2.75, 3.05) is 16.5 Å². The number of ether oxygens (including phenoxy) is 1. The highest BCUT2D eigenvalue weighted by Crippen LogP contribution is 2.41. The van der Waals surface area contributed by atoms with Gasteiger partial charge in [-0.15, -0.1) is 0 Å². The number of aromatic nitrogens is 2. The van der Waals surface area contributed by atoms with Crippen LogP contribution in [0.4, 0.5) is 11.4 Å². The first-order valence-corrected chi connectivity index (χ1v) is 19.0. The largest absolute Gasteiger partial charge is 0.457 e. The van der Waals surface area contributed by atoms with Gasteiger partial charge in [-0.25, -0.2) is 4.98 Å². The second-order valence-corrected chi connectivity index (χ2v) is 17.1. The minimum Gasteiger partial charge on any atom is -0.457 e. The van der Waals surface area contributed by atoms with Gasteiger partial charge in [-0.2, -0.15) is 0 Å². The molecular formula is C49H50N4O. The molecule has 0 bridgehead atoms. The van der Waals surface area contributed by atoms with Crippen LogP contribution in [0.5, 0.6) is 11.5 Å². The van der Waals surface area contributed by atoms with Gasteiger partial charge in [0.1, 0.15) is 17.3 Å². The average molecular weight is 711 g/mol. The molecule has 0 spiro atoms. The first kappa shape index (κ1) is 35.2. The van der Waals surface area contributed by atoms with Crippen molar-refractivity contribution >= 4 is 33.2 Å². The first-order valence-electron chi connectivity index (χ1n) is 19.0. The monoisotopic (exact) mass is 710 g/mol. The van der Waals surface area contributed by atoms with E-state index in [0.29, 0.717) is 0 Å². The third-order valence-corrected chi connectivity index (χ3v) is 10.9. The highest BCUT2D eigenvalue weighted by molar-refractivity contribution is 6.09. The first-order chi connectivity index (χ1) is 25.8. The summed E-state index contributed by atoms with van der Waals surface area (Å²) in [6, 6.07) is 47.4. The smallest absolute Gasteiger partial charge is 0.137 e. The maximum atomic E-state index is 6.67. The maximum Gasteiger partial charge on any atom is 0.137 e. The summed E-state index contributed by atoms with van der Waals surface area (Å²) in [6.07, 6.45) is 4.23. The molecule has 1 aliphatic rings. The van der Waals surface area contributed by atoms with Crippen LogP contribution in [0, 0.1) is 5.41 Å². The van der Waals surface area contributed by atoms with E-state index < -0.39 is 0 Å². The molecular weight excluding hydrogens is 661 g/mol. The molecule has 1 aliphatic heterocycles. The highest BCUT2D eigenvalue weighted by atomic mass is 16.5. The Bertz CT molecular complexity index is 2510. The van der Waals surface area contributed by atoms with E-state index in [1.807, 2.05) is 12.3 Å². The van der Waals surface area contributed by atoms with E-state index in [-0.39, 0.29) is 16.2 Å². The van der Waals surface area contributed by atoms with Gasteiger partial charge >= 0.3 is 0 Å². The number of allylic oxidation sites excluding steroid dienone is 1. The lowest BCUT2D eigenvalue weighted by Gasteiger charge is -2.32. The van der Waals surface area contributed by atoms with Gasteiger partial charge in [0.15, 0.2) is 0 Å². The summed E-state index contributed by atoms with van der Waals surface area (Å²) < 4.78 is 8.94. The molecule has 5 nitrogen and oxygen atoms in total. The van der Waals surface area contributed by atoms with Gasteiger partial charge in [-0.3, -0.25) is 4.57 Å². The molecule has 0 amide bonds. The zero-order valence-electron chi connectivity index (χ0n) is 32.8. The number of rotatable bonds is 7. The third-order valence-electron chi connectivity index (χ3n) is 10.9. The molecule has 3 heterocycles. The molecule has 0 radical (unpaired) electrons. The van der Waals surface area contributed by atoms with Gasteiger partial charge in [0.2, 0.25) is 0 Å². The second kappa shape index (κ2) is 13.2. The number of benzene rings is 5. The average Bonchev–Trinajstić information content (AvgIpc) is 3.76. The van der Waals surface area contributed by atoms with E-state index in [1.165, 1.54) is 33.5 Å². The molecule has 0 N–H and O–H groups in total. The molecule has 8 rings (SSSR count). The van der Waals surface area contributed by atoms with Crippen LogP contribution in [0.25, 0.3) is 27.6 Å². The molecule has 54 heavy (non-hydrogen) atoms. The van der Waals surface area contributed by atoms with Crippen molar-refractivity contribution in [3.8, 4) is 17.3 Å². The molecule has 0 fully saturated rings. The lowest BCUT2D eigenvalue weighted by molar-refractivity contribution is 0.483. The fraction of sp³-hybridized carbons (Fsp3) is 0.245. The predicted molar refractivity (Wildman–Crippen MR) is 226 cm³/mol. The molecule has 5 heteroatoms. The van der Waals surface area contributed by atoms with E-state index in [9.17, 15) is 0 Å². The second-order valence-electron chi connectivity index (χ2n) is 17.1. The Morgan fingerprint density at radius 2 is 1.22 bits per heavy atom. The topological polar surface area (TPSA) is 33.5 Å². The van der Waals surface area contributed by atoms with E-state index in [4.69, 9.17) is 9.72 Å². The van der Waals surface area contributed by atoms with Crippen molar-refractivity contribution < 1.29 is 4.74 Å². The van der Waals surface area contributed by atoms with E-state index in [0.717, 1.165) is 46.1 Å². The summed E-state index contributed by atoms with van der Waals surface area (Å²) in [5.41, 5.74) is 9.39. The molecule has 5 aromatic carbocycles. The number of hydrogen-bond acceptors (Lipinski definition) is 4. The Hall–Kier alpha value is -5.81. The number of hydrogen-bond donors (Lipinski definition) is 0. The molecule has 0 aliphatic carbocycles. The molecule has 2 aromatic heterocycles. The number of para-hydroxylation sites is 1. The van der Waals surface area contributed by atoms with Crippen LogP contribution in [0.2, 0.25) is 0 Å². The van der Waals surface area contributed by atoms with Gasteiger partial charge in [-0.05, 0) is 76.7 Å². The van der Waals surface area contributed by atoms with E-state index >= 15 is 0 Å². The molecule has 0 saturated carbocycles. The quantitative estimate of drug-likeness (QED) is 0.165. The number of anilines is 2. The van der Waals surface area contributed by atoms with Gasteiger partial charge in [0.25, 0.3) is 0 Å². The predicted octanol–water partition coefficient (Wildman–Crippen LogP) is 12.8. The zero-order chi connectivity index (χ0) is 37.8. The SMILES string of the molecule is CC(C)(C)C1=CN(c2cccc(Oc3ccc4c5ccccc5n(-c5cc(C(C)(C)c6ccccc6)ccn5)c4c3)c2)CN1c1cccc(C(C)(C)C)c1. The third kappa shape index (κ3) is 6.53. The van der Waals surface area contributed by atoms with Gasteiger partial charge in [0, 0.05) is 63.2 Å². The van der Waals surface area contributed by atoms with E-state index in [1.54, 1.807) is 0 Å². The van der Waals surface area contributed by atoms with Crippen molar-refractivity contribution in [1.29, 1.82) is 0 Å². The van der Waals surface area contributed by atoms with Crippen LogP contribution in [-0.2, 0) is 10.8 Å². The Morgan fingerprint density at radius 3 is 2.00 bits per heavy atom. The molecule has 0 saturated heterocycles. The Kier molecular flexibility index (Phi) is 8.64. The minimum atomic E-state index is -0.192. The molecule has 7 aromatic rings.